The van der Waals surface area contributed by atoms with Crippen LogP contribution < -0.4 is 20.9 Å². The van der Waals surface area contributed by atoms with E-state index in [1.807, 2.05) is 0 Å². The highest BCUT2D eigenvalue weighted by Gasteiger charge is 2.49. The summed E-state index contributed by atoms with van der Waals surface area (Å²) in [4.78, 5) is 34.0. The second kappa shape index (κ2) is 7.29. The predicted molar refractivity (Wildman–Crippen MR) is 113 cm³/mol. The molecule has 5 rings (SSSR count). The lowest BCUT2D eigenvalue weighted by atomic mass is 9.95. The smallest absolute Gasteiger partial charge is 0.325 e. The molecule has 2 N–H and O–H groups in total. The van der Waals surface area contributed by atoms with Crippen LogP contribution in [0.1, 0.15) is 11.5 Å². The first kappa shape index (κ1) is 19.9. The fourth-order valence-corrected chi connectivity index (χ4v) is 4.02. The molecule has 0 aliphatic carbocycles. The van der Waals surface area contributed by atoms with Crippen molar-refractivity contribution in [3.63, 3.8) is 0 Å². The number of ether oxygens (including phenoxy) is 1. The summed E-state index contributed by atoms with van der Waals surface area (Å²) in [6.45, 7) is -0.467. The molecule has 3 aromatic heterocycles. The highest BCUT2D eigenvalue weighted by atomic mass is 19.3. The minimum absolute atomic E-state index is 0.0489. The zero-order chi connectivity index (χ0) is 22.5. The lowest BCUT2D eigenvalue weighted by molar-refractivity contribution is 0.00724. The van der Waals surface area contributed by atoms with E-state index in [9.17, 15) is 9.59 Å². The lowest BCUT2D eigenvalue weighted by Crippen LogP contribution is -2.27. The Morgan fingerprint density at radius 2 is 2.00 bits per heavy atom. The number of aromatic nitrogens is 5. The summed E-state index contributed by atoms with van der Waals surface area (Å²) in [7, 11) is 1.52. The van der Waals surface area contributed by atoms with Crippen molar-refractivity contribution < 1.29 is 13.5 Å². The van der Waals surface area contributed by atoms with Gasteiger partial charge in [0.25, 0.3) is 11.5 Å². The Balaban J connectivity index is 1.57. The molecule has 0 amide bonds. The van der Waals surface area contributed by atoms with Gasteiger partial charge in [0.2, 0.25) is 0 Å². The van der Waals surface area contributed by atoms with E-state index in [4.69, 9.17) is 4.74 Å². The first-order chi connectivity index (χ1) is 15.4. The van der Waals surface area contributed by atoms with E-state index in [1.165, 1.54) is 30.1 Å². The van der Waals surface area contributed by atoms with E-state index < -0.39 is 29.6 Å². The fraction of sp³-hybridized carbons (Fsp3) is 0.238. The molecule has 11 heteroatoms. The number of anilines is 1. The zero-order valence-corrected chi connectivity index (χ0v) is 16.9. The molecule has 1 unspecified atom stereocenters. The lowest BCUT2D eigenvalue weighted by Gasteiger charge is -2.19. The van der Waals surface area contributed by atoms with Gasteiger partial charge < -0.3 is 14.6 Å². The third-order valence-corrected chi connectivity index (χ3v) is 5.61. The number of nitrogens with zero attached hydrogens (tertiary/aromatic N) is 4. The maximum atomic E-state index is 15.1. The van der Waals surface area contributed by atoms with Gasteiger partial charge in [-0.05, 0) is 23.8 Å². The number of methoxy groups -OCH3 is 1. The van der Waals surface area contributed by atoms with E-state index in [0.717, 1.165) is 0 Å². The van der Waals surface area contributed by atoms with Crippen LogP contribution in [0.4, 0.5) is 14.5 Å². The Morgan fingerprint density at radius 1 is 1.22 bits per heavy atom. The average Bonchev–Trinajstić information content (AvgIpc) is 3.36. The molecule has 1 fully saturated rings. The number of imidazole rings is 1. The van der Waals surface area contributed by atoms with Crippen LogP contribution in [0.15, 0.2) is 58.5 Å². The number of aromatic amines is 2. The van der Waals surface area contributed by atoms with Crippen molar-refractivity contribution in [1.29, 1.82) is 0 Å². The summed E-state index contributed by atoms with van der Waals surface area (Å²) in [6.07, 6.45) is 4.31. The molecule has 0 spiro atoms. The molecule has 4 aromatic rings. The number of fused-ring (bicyclic) bond motifs is 1. The molecule has 0 radical (unpaired) electrons. The molecule has 1 saturated heterocycles. The topological polar surface area (TPSA) is 108 Å². The minimum atomic E-state index is -2.99. The molecule has 1 aliphatic rings. The van der Waals surface area contributed by atoms with Gasteiger partial charge in [-0.15, -0.1) is 0 Å². The van der Waals surface area contributed by atoms with Crippen LogP contribution in [0.2, 0.25) is 0 Å². The average molecular weight is 440 g/mol. The van der Waals surface area contributed by atoms with Gasteiger partial charge >= 0.3 is 5.69 Å². The van der Waals surface area contributed by atoms with E-state index in [1.54, 1.807) is 35.4 Å². The highest BCUT2D eigenvalue weighted by molar-refractivity contribution is 5.75. The molecule has 1 aliphatic heterocycles. The Hall–Kier alpha value is -4.02. The highest BCUT2D eigenvalue weighted by Crippen LogP contribution is 2.43. The van der Waals surface area contributed by atoms with Crippen LogP contribution >= 0.6 is 0 Å². The van der Waals surface area contributed by atoms with Gasteiger partial charge in [-0.1, -0.05) is 12.1 Å². The molecule has 0 saturated carbocycles. The van der Waals surface area contributed by atoms with Gasteiger partial charge in [0.1, 0.15) is 11.4 Å². The predicted octanol–water partition coefficient (Wildman–Crippen LogP) is 2.02. The molecule has 4 heterocycles. The van der Waals surface area contributed by atoms with Crippen LogP contribution in [0, 0.1) is 0 Å². The summed E-state index contributed by atoms with van der Waals surface area (Å²) < 4.78 is 36.7. The molecule has 1 aromatic carbocycles. The Labute approximate surface area is 179 Å². The van der Waals surface area contributed by atoms with Crippen molar-refractivity contribution >= 4 is 11.3 Å². The van der Waals surface area contributed by atoms with Gasteiger partial charge in [0, 0.05) is 25.1 Å². The zero-order valence-electron chi connectivity index (χ0n) is 16.9. The summed E-state index contributed by atoms with van der Waals surface area (Å²) in [5, 5.41) is 4.34. The minimum Gasteiger partial charge on any atom is -0.497 e. The SMILES string of the molecule is COc1ccc(C2CN(c3cc(-c4c[nH]c(=O)[nH]c4=O)nn4ccnc34)CC2(F)F)cc1. The number of benzene rings is 1. The second-order valence-electron chi connectivity index (χ2n) is 7.56. The van der Waals surface area contributed by atoms with Crippen molar-refractivity contribution in [3.05, 3.63) is 75.3 Å². The van der Waals surface area contributed by atoms with Crippen LogP contribution in [-0.4, -0.2) is 50.7 Å². The molecule has 1 atom stereocenters. The molecule has 0 bridgehead atoms. The largest absolute Gasteiger partial charge is 0.497 e. The molecule has 32 heavy (non-hydrogen) atoms. The number of alkyl halides is 2. The second-order valence-corrected chi connectivity index (χ2v) is 7.56. The molecular weight excluding hydrogens is 422 g/mol. The number of halogens is 2. The molecular formula is C21H18F2N6O3. The number of H-pyrrole nitrogens is 2. The van der Waals surface area contributed by atoms with Gasteiger partial charge in [-0.3, -0.25) is 9.78 Å². The Kier molecular flexibility index (Phi) is 4.54. The number of nitrogens with one attached hydrogen (secondary N) is 2. The van der Waals surface area contributed by atoms with Crippen LogP contribution in [0.25, 0.3) is 16.9 Å². The number of hydrogen-bond donors (Lipinski definition) is 2. The van der Waals surface area contributed by atoms with Gasteiger partial charge in [0.05, 0.1) is 30.8 Å². The summed E-state index contributed by atoms with van der Waals surface area (Å²) in [5.74, 6) is -3.43. The Morgan fingerprint density at radius 3 is 2.72 bits per heavy atom. The van der Waals surface area contributed by atoms with Crippen molar-refractivity contribution in [1.82, 2.24) is 24.6 Å². The quantitative estimate of drug-likeness (QED) is 0.503. The van der Waals surface area contributed by atoms with E-state index in [2.05, 4.69) is 20.1 Å². The van der Waals surface area contributed by atoms with E-state index in [0.29, 0.717) is 22.6 Å². The molecule has 9 nitrogen and oxygen atoms in total. The number of rotatable bonds is 4. The number of hydrogen-bond acceptors (Lipinski definition) is 6. The Bertz CT molecular complexity index is 1410. The normalized spacial score (nSPS) is 17.7. The third kappa shape index (κ3) is 3.31. The van der Waals surface area contributed by atoms with Gasteiger partial charge in [0.15, 0.2) is 5.65 Å². The van der Waals surface area contributed by atoms with Crippen LogP contribution in [0.5, 0.6) is 5.75 Å². The van der Waals surface area contributed by atoms with Crippen LogP contribution in [0.3, 0.4) is 0 Å². The van der Waals surface area contributed by atoms with Crippen molar-refractivity contribution in [2.45, 2.75) is 11.8 Å². The van der Waals surface area contributed by atoms with Gasteiger partial charge in [-0.25, -0.2) is 23.1 Å². The van der Waals surface area contributed by atoms with Crippen molar-refractivity contribution in [3.8, 4) is 17.0 Å². The third-order valence-electron chi connectivity index (χ3n) is 5.61. The standard InChI is InChI=1S/C21H18F2N6O3/c1-32-13-4-2-12(3-5-13)15-10-28(11-21(15,22)23)17-8-16(27-29-7-6-24-18(17)29)14-9-25-20(31)26-19(14)30/h2-9,15H,10-11H2,1H3,(H2,25,26,30,31). The van der Waals surface area contributed by atoms with Crippen LogP contribution in [-0.2, 0) is 0 Å². The van der Waals surface area contributed by atoms with E-state index in [-0.39, 0.29) is 17.8 Å². The van der Waals surface area contributed by atoms with Crippen molar-refractivity contribution in [2.24, 2.45) is 0 Å². The summed E-state index contributed by atoms with van der Waals surface area (Å²) in [6, 6.07) is 8.15. The fourth-order valence-electron chi connectivity index (χ4n) is 4.02. The monoisotopic (exact) mass is 440 g/mol. The maximum absolute atomic E-state index is 15.1. The van der Waals surface area contributed by atoms with Gasteiger partial charge in [-0.2, -0.15) is 5.10 Å². The van der Waals surface area contributed by atoms with Crippen molar-refractivity contribution in [2.75, 3.05) is 25.1 Å². The molecule has 164 valence electrons. The van der Waals surface area contributed by atoms with E-state index >= 15 is 8.78 Å². The first-order valence-corrected chi connectivity index (χ1v) is 9.79. The maximum Gasteiger partial charge on any atom is 0.325 e. The summed E-state index contributed by atoms with van der Waals surface area (Å²) in [5.41, 5.74) is 0.364. The summed E-state index contributed by atoms with van der Waals surface area (Å²) >= 11 is 0. The first-order valence-electron chi connectivity index (χ1n) is 9.79.